The Morgan fingerprint density at radius 2 is 2.20 bits per heavy atom. The van der Waals surface area contributed by atoms with Gasteiger partial charge < -0.3 is 5.32 Å². The summed E-state index contributed by atoms with van der Waals surface area (Å²) in [6, 6.07) is 5.71. The molecule has 20 heavy (non-hydrogen) atoms. The SMILES string of the molecule is Cc1ccc(Nc2n[nH]c3c2C(=O)CC(C)C3)cc1Cl. The normalized spacial score (nSPS) is 17.9. The summed E-state index contributed by atoms with van der Waals surface area (Å²) in [6.07, 6.45) is 1.44. The number of rotatable bonds is 2. The van der Waals surface area contributed by atoms with Gasteiger partial charge in [0.05, 0.1) is 5.56 Å². The summed E-state index contributed by atoms with van der Waals surface area (Å²) in [7, 11) is 0. The summed E-state index contributed by atoms with van der Waals surface area (Å²) in [5.41, 5.74) is 3.47. The Kier molecular flexibility index (Phi) is 3.26. The summed E-state index contributed by atoms with van der Waals surface area (Å²) < 4.78 is 0. The number of nitrogens with one attached hydrogen (secondary N) is 2. The van der Waals surface area contributed by atoms with Crippen LogP contribution in [0, 0.1) is 12.8 Å². The Morgan fingerprint density at radius 1 is 1.40 bits per heavy atom. The largest absolute Gasteiger partial charge is 0.338 e. The summed E-state index contributed by atoms with van der Waals surface area (Å²) >= 11 is 6.11. The first-order chi connectivity index (χ1) is 9.54. The number of aromatic nitrogens is 2. The molecule has 1 unspecified atom stereocenters. The number of nitrogens with zero attached hydrogens (tertiary/aromatic N) is 1. The molecule has 1 aromatic carbocycles. The number of carbonyl (C=O) groups is 1. The molecule has 2 aromatic rings. The molecule has 0 fully saturated rings. The molecule has 1 aromatic heterocycles. The number of benzene rings is 1. The zero-order valence-electron chi connectivity index (χ0n) is 11.5. The number of halogens is 1. The van der Waals surface area contributed by atoms with Crippen LogP contribution < -0.4 is 5.32 Å². The van der Waals surface area contributed by atoms with E-state index in [1.165, 1.54) is 0 Å². The van der Waals surface area contributed by atoms with Gasteiger partial charge in [0.2, 0.25) is 0 Å². The standard InChI is InChI=1S/C15H16ClN3O/c1-8-5-12-14(13(20)6-8)15(19-18-12)17-10-4-3-9(2)11(16)7-10/h3-4,7-8H,5-6H2,1-2H3,(H2,17,18,19). The third-order valence-electron chi connectivity index (χ3n) is 3.64. The van der Waals surface area contributed by atoms with Crippen LogP contribution in [0.3, 0.4) is 0 Å². The van der Waals surface area contributed by atoms with Crippen molar-refractivity contribution in [3.63, 3.8) is 0 Å². The van der Waals surface area contributed by atoms with Crippen molar-refractivity contribution in [2.45, 2.75) is 26.7 Å². The van der Waals surface area contributed by atoms with E-state index < -0.39 is 0 Å². The van der Waals surface area contributed by atoms with Crippen LogP contribution in [0.2, 0.25) is 5.02 Å². The second-order valence-electron chi connectivity index (χ2n) is 5.45. The molecule has 2 N–H and O–H groups in total. The fraction of sp³-hybridized carbons (Fsp3) is 0.333. The summed E-state index contributed by atoms with van der Waals surface area (Å²) in [4.78, 5) is 12.2. The van der Waals surface area contributed by atoms with Crippen LogP contribution in [0.1, 0.15) is 35.0 Å². The van der Waals surface area contributed by atoms with Crippen molar-refractivity contribution in [2.75, 3.05) is 5.32 Å². The first-order valence-electron chi connectivity index (χ1n) is 6.68. The fourth-order valence-electron chi connectivity index (χ4n) is 2.56. The van der Waals surface area contributed by atoms with Crippen LogP contribution in [0.5, 0.6) is 0 Å². The predicted molar refractivity (Wildman–Crippen MR) is 79.9 cm³/mol. The lowest BCUT2D eigenvalue weighted by Crippen LogP contribution is -2.17. The molecule has 3 rings (SSSR count). The highest BCUT2D eigenvalue weighted by molar-refractivity contribution is 6.31. The van der Waals surface area contributed by atoms with Crippen LogP contribution in [0.15, 0.2) is 18.2 Å². The number of Topliss-reactive ketones (excluding diaryl/α,β-unsaturated/α-hetero) is 1. The summed E-state index contributed by atoms with van der Waals surface area (Å²) in [5.74, 6) is 1.11. The molecule has 0 saturated carbocycles. The van der Waals surface area contributed by atoms with Gasteiger partial charge in [-0.2, -0.15) is 5.10 Å². The van der Waals surface area contributed by atoms with E-state index in [2.05, 4.69) is 22.4 Å². The lowest BCUT2D eigenvalue weighted by molar-refractivity contribution is 0.0954. The number of anilines is 2. The van der Waals surface area contributed by atoms with Crippen molar-refractivity contribution < 1.29 is 4.79 Å². The minimum atomic E-state index is 0.146. The van der Waals surface area contributed by atoms with Crippen LogP contribution in [-0.2, 0) is 6.42 Å². The molecule has 1 atom stereocenters. The van der Waals surface area contributed by atoms with Crippen LogP contribution in [0.25, 0.3) is 0 Å². The van der Waals surface area contributed by atoms with Crippen molar-refractivity contribution in [2.24, 2.45) is 5.92 Å². The first kappa shape index (κ1) is 13.2. The Labute approximate surface area is 122 Å². The number of aryl methyl sites for hydroxylation is 1. The molecule has 5 heteroatoms. The van der Waals surface area contributed by atoms with Crippen molar-refractivity contribution >= 4 is 28.9 Å². The van der Waals surface area contributed by atoms with E-state index in [-0.39, 0.29) is 5.78 Å². The van der Waals surface area contributed by atoms with Gasteiger partial charge in [-0.25, -0.2) is 0 Å². The van der Waals surface area contributed by atoms with Gasteiger partial charge in [0.25, 0.3) is 0 Å². The number of H-pyrrole nitrogens is 1. The third-order valence-corrected chi connectivity index (χ3v) is 4.05. The molecule has 0 bridgehead atoms. The molecule has 104 valence electrons. The molecule has 1 aliphatic rings. The molecular weight excluding hydrogens is 274 g/mol. The Morgan fingerprint density at radius 3 is 2.95 bits per heavy atom. The van der Waals surface area contributed by atoms with Crippen LogP contribution in [0.4, 0.5) is 11.5 Å². The average molecular weight is 290 g/mol. The highest BCUT2D eigenvalue weighted by Crippen LogP contribution is 2.31. The summed E-state index contributed by atoms with van der Waals surface area (Å²) in [5, 5.41) is 11.1. The molecule has 0 saturated heterocycles. The van der Waals surface area contributed by atoms with Gasteiger partial charge in [-0.15, -0.1) is 0 Å². The Hall–Kier alpha value is -1.81. The second-order valence-corrected chi connectivity index (χ2v) is 5.86. The van der Waals surface area contributed by atoms with E-state index in [9.17, 15) is 4.79 Å². The van der Waals surface area contributed by atoms with Crippen LogP contribution >= 0.6 is 11.6 Å². The van der Waals surface area contributed by atoms with Gasteiger partial charge in [0, 0.05) is 22.8 Å². The molecule has 0 radical (unpaired) electrons. The highest BCUT2D eigenvalue weighted by Gasteiger charge is 2.27. The lowest BCUT2D eigenvalue weighted by Gasteiger charge is -2.17. The monoisotopic (exact) mass is 289 g/mol. The van der Waals surface area contributed by atoms with Gasteiger partial charge >= 0.3 is 0 Å². The quantitative estimate of drug-likeness (QED) is 0.882. The number of aromatic amines is 1. The molecular formula is C15H16ClN3O. The second kappa shape index (κ2) is 4.94. The minimum Gasteiger partial charge on any atom is -0.338 e. The maximum Gasteiger partial charge on any atom is 0.168 e. The third kappa shape index (κ3) is 2.31. The van der Waals surface area contributed by atoms with Gasteiger partial charge in [-0.3, -0.25) is 9.89 Å². The smallest absolute Gasteiger partial charge is 0.168 e. The minimum absolute atomic E-state index is 0.146. The van der Waals surface area contributed by atoms with Gasteiger partial charge in [0.15, 0.2) is 11.6 Å². The molecule has 0 spiro atoms. The number of fused-ring (bicyclic) bond motifs is 1. The van der Waals surface area contributed by atoms with Crippen molar-refractivity contribution in [3.05, 3.63) is 40.0 Å². The molecule has 1 heterocycles. The maximum atomic E-state index is 12.2. The zero-order valence-corrected chi connectivity index (χ0v) is 12.2. The predicted octanol–water partition coefficient (Wildman–Crippen LogP) is 3.88. The number of hydrogen-bond donors (Lipinski definition) is 2. The lowest BCUT2D eigenvalue weighted by atomic mass is 9.88. The number of ketones is 1. The van der Waals surface area contributed by atoms with Crippen LogP contribution in [-0.4, -0.2) is 16.0 Å². The maximum absolute atomic E-state index is 12.2. The molecule has 4 nitrogen and oxygen atoms in total. The average Bonchev–Trinajstić information content (AvgIpc) is 2.77. The summed E-state index contributed by atoms with van der Waals surface area (Å²) in [6.45, 7) is 4.03. The van der Waals surface area contributed by atoms with E-state index in [1.54, 1.807) is 0 Å². The van der Waals surface area contributed by atoms with Gasteiger partial charge in [-0.05, 0) is 37.0 Å². The first-order valence-corrected chi connectivity index (χ1v) is 7.06. The number of hydrogen-bond acceptors (Lipinski definition) is 3. The van der Waals surface area contributed by atoms with E-state index in [0.717, 1.165) is 23.4 Å². The molecule has 0 amide bonds. The van der Waals surface area contributed by atoms with Crippen molar-refractivity contribution in [3.8, 4) is 0 Å². The van der Waals surface area contributed by atoms with E-state index >= 15 is 0 Å². The van der Waals surface area contributed by atoms with E-state index in [0.29, 0.717) is 28.7 Å². The fourth-order valence-corrected chi connectivity index (χ4v) is 2.74. The Bertz CT molecular complexity index is 678. The van der Waals surface area contributed by atoms with Gasteiger partial charge in [-0.1, -0.05) is 24.6 Å². The topological polar surface area (TPSA) is 57.8 Å². The highest BCUT2D eigenvalue weighted by atomic mass is 35.5. The van der Waals surface area contributed by atoms with E-state index in [4.69, 9.17) is 11.6 Å². The van der Waals surface area contributed by atoms with Gasteiger partial charge in [0.1, 0.15) is 0 Å². The number of carbonyl (C=O) groups excluding carboxylic acids is 1. The van der Waals surface area contributed by atoms with Crippen molar-refractivity contribution in [1.29, 1.82) is 0 Å². The van der Waals surface area contributed by atoms with E-state index in [1.807, 2.05) is 25.1 Å². The Balaban J connectivity index is 1.92. The molecule has 0 aliphatic heterocycles. The molecule has 1 aliphatic carbocycles. The zero-order chi connectivity index (χ0) is 14.3. The van der Waals surface area contributed by atoms with Crippen molar-refractivity contribution in [1.82, 2.24) is 10.2 Å².